The van der Waals surface area contributed by atoms with Crippen LogP contribution < -0.4 is 15.5 Å². The molecule has 0 atom stereocenters. The van der Waals surface area contributed by atoms with Crippen LogP contribution >= 0.6 is 0 Å². The fraction of sp³-hybridized carbons (Fsp3) is 0.0909. The number of amides is 2. The maximum atomic E-state index is 12.1. The number of nitrogens with zero attached hydrogens (tertiary/aromatic N) is 1. The number of furan rings is 1. The molecule has 8 heteroatoms. The first-order valence-electron chi connectivity index (χ1n) is 9.00. The maximum Gasteiger partial charge on any atom is 0.379 e. The molecule has 0 spiro atoms. The van der Waals surface area contributed by atoms with E-state index in [1.54, 1.807) is 30.3 Å². The number of carbonyl (C=O) groups is 3. The number of carbonyl (C=O) groups excluding carboxylic acids is 3. The summed E-state index contributed by atoms with van der Waals surface area (Å²) in [5.74, 6) is -2.01. The van der Waals surface area contributed by atoms with Crippen molar-refractivity contribution in [1.82, 2.24) is 5.43 Å². The second-order valence-corrected chi connectivity index (χ2v) is 6.36. The van der Waals surface area contributed by atoms with Gasteiger partial charge in [0.1, 0.15) is 5.75 Å². The number of benzene rings is 2. The van der Waals surface area contributed by atoms with Gasteiger partial charge < -0.3 is 14.5 Å². The number of hydrazone groups is 1. The van der Waals surface area contributed by atoms with Crippen LogP contribution in [0.1, 0.15) is 27.2 Å². The van der Waals surface area contributed by atoms with Gasteiger partial charge in [0.2, 0.25) is 5.76 Å². The van der Waals surface area contributed by atoms with Crippen molar-refractivity contribution in [2.24, 2.45) is 5.10 Å². The lowest BCUT2D eigenvalue weighted by Gasteiger charge is -2.10. The van der Waals surface area contributed by atoms with Crippen LogP contribution in [0.25, 0.3) is 0 Å². The first-order valence-corrected chi connectivity index (χ1v) is 9.00. The second-order valence-electron chi connectivity index (χ2n) is 6.36. The van der Waals surface area contributed by atoms with Gasteiger partial charge >= 0.3 is 17.8 Å². The minimum atomic E-state index is -0.908. The molecule has 0 saturated heterocycles. The number of nitrogens with one attached hydrogen (secondary N) is 2. The van der Waals surface area contributed by atoms with E-state index in [2.05, 4.69) is 15.8 Å². The lowest BCUT2D eigenvalue weighted by molar-refractivity contribution is -0.136. The summed E-state index contributed by atoms with van der Waals surface area (Å²) in [5.41, 5.74) is 5.01. The maximum absolute atomic E-state index is 12.1. The Morgan fingerprint density at radius 1 is 0.967 bits per heavy atom. The lowest BCUT2D eigenvalue weighted by Crippen LogP contribution is -2.32. The number of para-hydroxylation sites is 1. The zero-order valence-corrected chi connectivity index (χ0v) is 16.3. The van der Waals surface area contributed by atoms with Crippen LogP contribution in [0.15, 0.2) is 70.4 Å². The minimum Gasteiger partial charge on any atom is -0.457 e. The van der Waals surface area contributed by atoms with Gasteiger partial charge in [-0.05, 0) is 54.8 Å². The van der Waals surface area contributed by atoms with E-state index in [0.717, 1.165) is 11.1 Å². The Morgan fingerprint density at radius 3 is 2.40 bits per heavy atom. The lowest BCUT2D eigenvalue weighted by atomic mass is 10.1. The Hall–Kier alpha value is -4.20. The fourth-order valence-electron chi connectivity index (χ4n) is 2.61. The number of hydrogen-bond donors (Lipinski definition) is 2. The van der Waals surface area contributed by atoms with Crippen LogP contribution in [0.3, 0.4) is 0 Å². The Bertz CT molecular complexity index is 1080. The van der Waals surface area contributed by atoms with Crippen molar-refractivity contribution in [2.75, 3.05) is 5.32 Å². The number of rotatable bonds is 5. The summed E-state index contributed by atoms with van der Waals surface area (Å²) in [7, 11) is 0. The van der Waals surface area contributed by atoms with Crippen LogP contribution in [0.2, 0.25) is 0 Å². The van der Waals surface area contributed by atoms with E-state index in [9.17, 15) is 14.4 Å². The third-order valence-corrected chi connectivity index (χ3v) is 4.10. The molecule has 2 N–H and O–H groups in total. The van der Waals surface area contributed by atoms with E-state index >= 15 is 0 Å². The van der Waals surface area contributed by atoms with E-state index < -0.39 is 17.8 Å². The van der Waals surface area contributed by atoms with Gasteiger partial charge in [0.05, 0.1) is 12.5 Å². The van der Waals surface area contributed by atoms with Crippen molar-refractivity contribution in [2.45, 2.75) is 13.8 Å². The van der Waals surface area contributed by atoms with Crippen molar-refractivity contribution < 1.29 is 23.5 Å². The summed E-state index contributed by atoms with van der Waals surface area (Å²) in [6.07, 6.45) is 2.70. The van der Waals surface area contributed by atoms with Crippen molar-refractivity contribution in [3.8, 4) is 5.75 Å². The van der Waals surface area contributed by atoms with Crippen LogP contribution in [-0.4, -0.2) is 24.0 Å². The van der Waals surface area contributed by atoms with Crippen molar-refractivity contribution in [3.05, 3.63) is 83.3 Å². The van der Waals surface area contributed by atoms with Gasteiger partial charge in [-0.2, -0.15) is 5.10 Å². The van der Waals surface area contributed by atoms with Gasteiger partial charge in [-0.1, -0.05) is 30.3 Å². The van der Waals surface area contributed by atoms with Crippen LogP contribution in [0.4, 0.5) is 5.69 Å². The number of aryl methyl sites for hydroxylation is 2. The molecule has 30 heavy (non-hydrogen) atoms. The van der Waals surface area contributed by atoms with Crippen molar-refractivity contribution in [1.29, 1.82) is 0 Å². The summed E-state index contributed by atoms with van der Waals surface area (Å²) < 4.78 is 10.2. The molecular formula is C22H19N3O5. The van der Waals surface area contributed by atoms with Gasteiger partial charge in [-0.3, -0.25) is 9.59 Å². The zero-order chi connectivity index (χ0) is 21.5. The van der Waals surface area contributed by atoms with E-state index in [1.807, 2.05) is 32.0 Å². The molecule has 8 nitrogen and oxygen atoms in total. The quantitative estimate of drug-likeness (QED) is 0.223. The predicted molar refractivity (Wildman–Crippen MR) is 110 cm³/mol. The molecule has 2 aromatic carbocycles. The predicted octanol–water partition coefficient (Wildman–Crippen LogP) is 3.20. The average molecular weight is 405 g/mol. The highest BCUT2D eigenvalue weighted by molar-refractivity contribution is 6.39. The van der Waals surface area contributed by atoms with Crippen molar-refractivity contribution >= 4 is 29.7 Å². The Kier molecular flexibility index (Phi) is 6.39. The summed E-state index contributed by atoms with van der Waals surface area (Å²) in [6.45, 7) is 3.68. The molecule has 3 aromatic rings. The molecule has 1 heterocycles. The fourth-order valence-corrected chi connectivity index (χ4v) is 2.61. The second kappa shape index (κ2) is 9.33. The normalized spacial score (nSPS) is 10.6. The largest absolute Gasteiger partial charge is 0.457 e. The van der Waals surface area contributed by atoms with Crippen LogP contribution in [-0.2, 0) is 9.59 Å². The smallest absolute Gasteiger partial charge is 0.379 e. The summed E-state index contributed by atoms with van der Waals surface area (Å²) >= 11 is 0. The molecule has 0 aliphatic rings. The molecule has 0 aliphatic carbocycles. The average Bonchev–Trinajstić information content (AvgIpc) is 3.26. The molecule has 2 amide bonds. The molecule has 1 aromatic heterocycles. The highest BCUT2D eigenvalue weighted by atomic mass is 16.5. The standard InChI is InChI=1S/C22H19N3O5/c1-14-6-3-7-15(2)19(14)24-20(26)21(27)25-23-13-16-8-4-9-17(12-16)30-22(28)18-10-5-11-29-18/h3-13H,1-2H3,(H,24,26)(H,25,27)/b23-13+. The SMILES string of the molecule is Cc1cccc(C)c1NC(=O)C(=O)N/N=C/c1cccc(OC(=O)c2ccco2)c1. The monoisotopic (exact) mass is 405 g/mol. The Balaban J connectivity index is 1.57. The Morgan fingerprint density at radius 2 is 1.70 bits per heavy atom. The molecular weight excluding hydrogens is 386 g/mol. The molecule has 0 unspecified atom stereocenters. The van der Waals surface area contributed by atoms with Crippen LogP contribution in [0.5, 0.6) is 5.75 Å². The first-order chi connectivity index (χ1) is 14.4. The summed E-state index contributed by atoms with van der Waals surface area (Å²) in [6, 6.07) is 15.1. The molecule has 0 radical (unpaired) electrons. The molecule has 0 fully saturated rings. The van der Waals surface area contributed by atoms with E-state index in [1.165, 1.54) is 18.5 Å². The molecule has 0 saturated carbocycles. The third-order valence-electron chi connectivity index (χ3n) is 4.10. The molecule has 0 bridgehead atoms. The zero-order valence-electron chi connectivity index (χ0n) is 16.3. The molecule has 3 rings (SSSR count). The van der Waals surface area contributed by atoms with E-state index in [0.29, 0.717) is 11.3 Å². The number of esters is 1. The highest BCUT2D eigenvalue weighted by Gasteiger charge is 2.15. The highest BCUT2D eigenvalue weighted by Crippen LogP contribution is 2.19. The van der Waals surface area contributed by atoms with Gasteiger partial charge in [-0.15, -0.1) is 0 Å². The first kappa shape index (κ1) is 20.5. The molecule has 152 valence electrons. The molecule has 0 aliphatic heterocycles. The minimum absolute atomic E-state index is 0.0798. The van der Waals surface area contributed by atoms with E-state index in [4.69, 9.17) is 9.15 Å². The summed E-state index contributed by atoms with van der Waals surface area (Å²) in [4.78, 5) is 36.0. The van der Waals surface area contributed by atoms with Gasteiger partial charge in [0.15, 0.2) is 0 Å². The topological polar surface area (TPSA) is 110 Å². The van der Waals surface area contributed by atoms with Gasteiger partial charge in [0.25, 0.3) is 0 Å². The van der Waals surface area contributed by atoms with Gasteiger partial charge in [0, 0.05) is 5.69 Å². The number of anilines is 1. The van der Waals surface area contributed by atoms with E-state index in [-0.39, 0.29) is 11.5 Å². The Labute approximate surface area is 172 Å². The van der Waals surface area contributed by atoms with Gasteiger partial charge in [-0.25, -0.2) is 10.2 Å². The number of hydrogen-bond acceptors (Lipinski definition) is 6. The summed E-state index contributed by atoms with van der Waals surface area (Å²) in [5, 5.41) is 6.35. The van der Waals surface area contributed by atoms with Crippen molar-refractivity contribution in [3.63, 3.8) is 0 Å². The third kappa shape index (κ3) is 5.20. The number of ether oxygens (including phenoxy) is 1. The van der Waals surface area contributed by atoms with Crippen LogP contribution in [0, 0.1) is 13.8 Å².